The van der Waals surface area contributed by atoms with Gasteiger partial charge in [-0.2, -0.15) is 0 Å². The first-order chi connectivity index (χ1) is 8.05. The van der Waals surface area contributed by atoms with Gasteiger partial charge in [0.05, 0.1) is 5.75 Å². The summed E-state index contributed by atoms with van der Waals surface area (Å²) in [5, 5.41) is 5.76. The molecule has 2 N–H and O–H groups in total. The summed E-state index contributed by atoms with van der Waals surface area (Å²) in [6.45, 7) is 1.80. The number of hydrogen-bond donors (Lipinski definition) is 2. The number of rotatable bonds is 4. The Kier molecular flexibility index (Phi) is 4.46. The highest BCUT2D eigenvalue weighted by Gasteiger charge is 2.21. The summed E-state index contributed by atoms with van der Waals surface area (Å²) in [7, 11) is -3.22. The molecular weight excluding hydrogens is 324 g/mol. The van der Waals surface area contributed by atoms with E-state index in [0.29, 0.717) is 5.00 Å². The summed E-state index contributed by atoms with van der Waals surface area (Å²) >= 11 is 4.69. The van der Waals surface area contributed by atoms with Crippen LogP contribution < -0.4 is 10.0 Å². The lowest BCUT2D eigenvalue weighted by Gasteiger charge is -2.22. The summed E-state index contributed by atoms with van der Waals surface area (Å²) in [4.78, 5) is 0. The van der Waals surface area contributed by atoms with Gasteiger partial charge in [0.15, 0.2) is 0 Å². The van der Waals surface area contributed by atoms with Crippen molar-refractivity contribution in [1.82, 2.24) is 5.32 Å². The lowest BCUT2D eigenvalue weighted by atomic mass is 10.0. The summed E-state index contributed by atoms with van der Waals surface area (Å²) in [6.07, 6.45) is 2.05. The van der Waals surface area contributed by atoms with Crippen molar-refractivity contribution < 1.29 is 8.42 Å². The van der Waals surface area contributed by atoms with Crippen LogP contribution in [0, 0.1) is 5.92 Å². The molecule has 0 amide bonds. The van der Waals surface area contributed by atoms with E-state index in [2.05, 4.69) is 26.0 Å². The second-order valence-corrected chi connectivity index (χ2v) is 7.82. The SMILES string of the molecule is O=S(=O)(CC1CCCNC1)Nc1cc(Br)cs1. The predicted octanol–water partition coefficient (Wildman–Crippen LogP) is 2.25. The predicted molar refractivity (Wildman–Crippen MR) is 75.0 cm³/mol. The molecule has 0 saturated carbocycles. The van der Waals surface area contributed by atoms with E-state index in [1.165, 1.54) is 11.3 Å². The van der Waals surface area contributed by atoms with Crippen LogP contribution in [0.2, 0.25) is 0 Å². The van der Waals surface area contributed by atoms with Crippen molar-refractivity contribution in [2.45, 2.75) is 12.8 Å². The molecule has 2 rings (SSSR count). The Labute approximate surface area is 114 Å². The molecule has 1 aliphatic rings. The fourth-order valence-corrected chi connectivity index (χ4v) is 5.03. The lowest BCUT2D eigenvalue weighted by Crippen LogP contribution is -2.35. The number of thiophene rings is 1. The minimum absolute atomic E-state index is 0.204. The van der Waals surface area contributed by atoms with Crippen LogP contribution in [0.5, 0.6) is 0 Å². The van der Waals surface area contributed by atoms with E-state index in [-0.39, 0.29) is 11.7 Å². The van der Waals surface area contributed by atoms with Gasteiger partial charge in [0.1, 0.15) is 5.00 Å². The highest BCUT2D eigenvalue weighted by molar-refractivity contribution is 9.10. The lowest BCUT2D eigenvalue weighted by molar-refractivity contribution is 0.404. The highest BCUT2D eigenvalue weighted by Crippen LogP contribution is 2.26. The number of sulfonamides is 1. The molecule has 1 aromatic heterocycles. The molecule has 4 nitrogen and oxygen atoms in total. The van der Waals surface area contributed by atoms with Crippen LogP contribution in [0.15, 0.2) is 15.9 Å². The third-order valence-corrected chi connectivity index (χ3v) is 5.85. The van der Waals surface area contributed by atoms with E-state index < -0.39 is 10.0 Å². The van der Waals surface area contributed by atoms with E-state index in [0.717, 1.165) is 30.4 Å². The Balaban J connectivity index is 1.94. The monoisotopic (exact) mass is 338 g/mol. The smallest absolute Gasteiger partial charge is 0.233 e. The van der Waals surface area contributed by atoms with Gasteiger partial charge in [-0.1, -0.05) is 0 Å². The fourth-order valence-electron chi connectivity index (χ4n) is 1.94. The Bertz CT molecular complexity index is 466. The standard InChI is InChI=1S/C10H15BrN2O2S2/c11-9-4-10(16-6-9)13-17(14,15)7-8-2-1-3-12-5-8/h4,6,8,12-13H,1-3,5,7H2. The van der Waals surface area contributed by atoms with E-state index in [1.807, 2.05) is 5.38 Å². The Morgan fingerprint density at radius 3 is 3.00 bits per heavy atom. The molecule has 96 valence electrons. The van der Waals surface area contributed by atoms with Gasteiger partial charge in [-0.05, 0) is 53.8 Å². The third kappa shape index (κ3) is 4.24. The van der Waals surface area contributed by atoms with Gasteiger partial charge in [-0.15, -0.1) is 11.3 Å². The molecule has 0 aromatic carbocycles. The molecule has 2 heterocycles. The molecule has 1 saturated heterocycles. The third-order valence-electron chi connectivity index (χ3n) is 2.68. The second kappa shape index (κ2) is 5.69. The number of piperidine rings is 1. The molecule has 1 aromatic rings. The van der Waals surface area contributed by atoms with Crippen LogP contribution in [-0.2, 0) is 10.0 Å². The van der Waals surface area contributed by atoms with Crippen LogP contribution in [0.1, 0.15) is 12.8 Å². The zero-order valence-corrected chi connectivity index (χ0v) is 12.5. The zero-order valence-electron chi connectivity index (χ0n) is 9.28. The van der Waals surface area contributed by atoms with E-state index >= 15 is 0 Å². The van der Waals surface area contributed by atoms with Gasteiger partial charge in [-0.25, -0.2) is 8.42 Å². The normalized spacial score (nSPS) is 21.4. The largest absolute Gasteiger partial charge is 0.316 e. The molecule has 17 heavy (non-hydrogen) atoms. The summed E-state index contributed by atoms with van der Waals surface area (Å²) in [5.41, 5.74) is 0. The highest BCUT2D eigenvalue weighted by atomic mass is 79.9. The van der Waals surface area contributed by atoms with E-state index in [9.17, 15) is 8.42 Å². The van der Waals surface area contributed by atoms with Gasteiger partial charge in [0.2, 0.25) is 10.0 Å². The second-order valence-electron chi connectivity index (χ2n) is 4.23. The maximum atomic E-state index is 11.9. The minimum Gasteiger partial charge on any atom is -0.316 e. The minimum atomic E-state index is -3.22. The molecule has 1 atom stereocenters. The topological polar surface area (TPSA) is 58.2 Å². The molecule has 1 unspecified atom stereocenters. The van der Waals surface area contributed by atoms with Crippen molar-refractivity contribution in [2.24, 2.45) is 5.92 Å². The van der Waals surface area contributed by atoms with Crippen molar-refractivity contribution in [3.05, 3.63) is 15.9 Å². The Morgan fingerprint density at radius 1 is 1.59 bits per heavy atom. The van der Waals surface area contributed by atoms with Gasteiger partial charge in [-0.3, -0.25) is 4.72 Å². The maximum Gasteiger partial charge on any atom is 0.233 e. The summed E-state index contributed by atoms with van der Waals surface area (Å²) in [5.74, 6) is 0.430. The first-order valence-electron chi connectivity index (χ1n) is 5.50. The van der Waals surface area contributed by atoms with Gasteiger partial charge < -0.3 is 5.32 Å². The van der Waals surface area contributed by atoms with Crippen molar-refractivity contribution in [2.75, 3.05) is 23.6 Å². The average Bonchev–Trinajstić information content (AvgIpc) is 2.63. The van der Waals surface area contributed by atoms with Crippen LogP contribution >= 0.6 is 27.3 Å². The van der Waals surface area contributed by atoms with Crippen LogP contribution in [0.4, 0.5) is 5.00 Å². The van der Waals surface area contributed by atoms with E-state index in [4.69, 9.17) is 0 Å². The molecule has 0 aliphatic carbocycles. The summed E-state index contributed by atoms with van der Waals surface area (Å²) in [6, 6.07) is 1.78. The molecule has 1 fully saturated rings. The van der Waals surface area contributed by atoms with E-state index in [1.54, 1.807) is 6.07 Å². The number of hydrogen-bond acceptors (Lipinski definition) is 4. The average molecular weight is 339 g/mol. The molecule has 0 spiro atoms. The quantitative estimate of drug-likeness (QED) is 0.885. The van der Waals surface area contributed by atoms with Crippen LogP contribution in [0.3, 0.4) is 0 Å². The maximum absolute atomic E-state index is 11.9. The van der Waals surface area contributed by atoms with Crippen LogP contribution in [0.25, 0.3) is 0 Å². The zero-order chi connectivity index (χ0) is 12.3. The first kappa shape index (κ1) is 13.3. The molecule has 7 heteroatoms. The molecule has 0 radical (unpaired) electrons. The van der Waals surface area contributed by atoms with Crippen molar-refractivity contribution in [3.63, 3.8) is 0 Å². The van der Waals surface area contributed by atoms with Crippen molar-refractivity contribution in [1.29, 1.82) is 0 Å². The number of nitrogens with one attached hydrogen (secondary N) is 2. The summed E-state index contributed by atoms with van der Waals surface area (Å²) < 4.78 is 27.4. The van der Waals surface area contributed by atoms with Gasteiger partial charge in [0, 0.05) is 9.85 Å². The molecule has 1 aliphatic heterocycles. The fraction of sp³-hybridized carbons (Fsp3) is 0.600. The van der Waals surface area contributed by atoms with Gasteiger partial charge >= 0.3 is 0 Å². The molecule has 0 bridgehead atoms. The van der Waals surface area contributed by atoms with Crippen molar-refractivity contribution in [3.8, 4) is 0 Å². The number of halogens is 1. The Morgan fingerprint density at radius 2 is 2.41 bits per heavy atom. The van der Waals surface area contributed by atoms with Crippen molar-refractivity contribution >= 4 is 42.3 Å². The van der Waals surface area contributed by atoms with Crippen LogP contribution in [-0.4, -0.2) is 27.3 Å². The first-order valence-corrected chi connectivity index (χ1v) is 8.83. The number of anilines is 1. The van der Waals surface area contributed by atoms with Gasteiger partial charge in [0.25, 0.3) is 0 Å². The Hall–Kier alpha value is -0.110. The molecular formula is C10H15BrN2O2S2.